The Morgan fingerprint density at radius 2 is 1.60 bits per heavy atom. The molecule has 1 unspecified atom stereocenters. The minimum Gasteiger partial charge on any atom is -0.478 e. The van der Waals surface area contributed by atoms with E-state index in [1.165, 1.54) is 25.9 Å². The molecule has 0 heterocycles. The van der Waals surface area contributed by atoms with E-state index in [1.54, 1.807) is 0 Å². The molecule has 0 spiro atoms. The molecular weight excluding hydrogens is 278 g/mol. The molecule has 0 aromatic carbocycles. The van der Waals surface area contributed by atoms with Crippen LogP contribution < -0.4 is 0 Å². The molecule has 0 aromatic rings. The topological polar surface area (TPSA) is 76.1 Å². The van der Waals surface area contributed by atoms with Crippen molar-refractivity contribution in [2.75, 3.05) is 20.7 Å². The molecule has 0 aliphatic heterocycles. The van der Waals surface area contributed by atoms with E-state index in [2.05, 4.69) is 20.8 Å². The SMILES string of the molecule is CN(C)C(=O)OC(C)(CO[Si](C)(C)C(C)(C)C)C(=O)O. The fraction of sp³-hybridized carbons (Fsp3) is 0.846. The minimum atomic E-state index is -2.11. The molecule has 1 N–H and O–H groups in total. The lowest BCUT2D eigenvalue weighted by Gasteiger charge is -2.38. The van der Waals surface area contributed by atoms with Crippen LogP contribution in [0.5, 0.6) is 0 Å². The van der Waals surface area contributed by atoms with Crippen LogP contribution in [0.15, 0.2) is 0 Å². The van der Waals surface area contributed by atoms with Crippen LogP contribution in [-0.2, 0) is 14.0 Å². The smallest absolute Gasteiger partial charge is 0.410 e. The molecule has 7 heteroatoms. The van der Waals surface area contributed by atoms with Crippen LogP contribution in [0.2, 0.25) is 18.1 Å². The summed E-state index contributed by atoms with van der Waals surface area (Å²) in [6, 6.07) is 0. The predicted molar refractivity (Wildman–Crippen MR) is 79.4 cm³/mol. The van der Waals surface area contributed by atoms with Gasteiger partial charge < -0.3 is 19.2 Å². The van der Waals surface area contributed by atoms with E-state index >= 15 is 0 Å². The second-order valence-corrected chi connectivity index (χ2v) is 11.7. The van der Waals surface area contributed by atoms with Crippen LogP contribution in [0.1, 0.15) is 27.7 Å². The molecule has 0 radical (unpaired) electrons. The summed E-state index contributed by atoms with van der Waals surface area (Å²) in [5.74, 6) is -1.22. The average molecular weight is 305 g/mol. The van der Waals surface area contributed by atoms with Crippen molar-refractivity contribution in [1.82, 2.24) is 4.90 Å². The molecule has 0 fully saturated rings. The van der Waals surface area contributed by atoms with Gasteiger partial charge in [-0.15, -0.1) is 0 Å². The molecule has 0 aliphatic carbocycles. The number of carboxylic acid groups (broad SMARTS) is 1. The Bertz CT molecular complexity index is 375. The van der Waals surface area contributed by atoms with Crippen molar-refractivity contribution >= 4 is 20.4 Å². The highest BCUT2D eigenvalue weighted by molar-refractivity contribution is 6.74. The highest BCUT2D eigenvalue weighted by Crippen LogP contribution is 2.37. The molecule has 1 amide bonds. The molecule has 6 nitrogen and oxygen atoms in total. The van der Waals surface area contributed by atoms with Gasteiger partial charge in [0.05, 0.1) is 6.61 Å². The Balaban J connectivity index is 4.97. The van der Waals surface area contributed by atoms with E-state index in [0.29, 0.717) is 0 Å². The first-order chi connectivity index (χ1) is 8.73. The van der Waals surface area contributed by atoms with Gasteiger partial charge in [-0.25, -0.2) is 9.59 Å². The molecule has 0 saturated heterocycles. The minimum absolute atomic E-state index is 0.0437. The van der Waals surface area contributed by atoms with Crippen LogP contribution in [0.25, 0.3) is 0 Å². The fourth-order valence-corrected chi connectivity index (χ4v) is 2.02. The highest BCUT2D eigenvalue weighted by atomic mass is 28.4. The molecular formula is C13H27NO5Si. The summed E-state index contributed by atoms with van der Waals surface area (Å²) in [5, 5.41) is 9.26. The molecule has 118 valence electrons. The highest BCUT2D eigenvalue weighted by Gasteiger charge is 2.44. The average Bonchev–Trinajstić information content (AvgIpc) is 2.24. The van der Waals surface area contributed by atoms with E-state index in [-0.39, 0.29) is 11.6 Å². The third-order valence-corrected chi connectivity index (χ3v) is 8.12. The Hall–Kier alpha value is -1.08. The van der Waals surface area contributed by atoms with Gasteiger partial charge in [-0.1, -0.05) is 20.8 Å². The van der Waals surface area contributed by atoms with Crippen molar-refractivity contribution in [2.45, 2.75) is 51.4 Å². The van der Waals surface area contributed by atoms with Gasteiger partial charge in [0.15, 0.2) is 8.32 Å². The number of nitrogens with zero attached hydrogens (tertiary/aromatic N) is 1. The van der Waals surface area contributed by atoms with E-state index in [1.807, 2.05) is 13.1 Å². The quantitative estimate of drug-likeness (QED) is 0.790. The number of carboxylic acids is 1. The Morgan fingerprint density at radius 3 is 1.90 bits per heavy atom. The zero-order valence-electron chi connectivity index (χ0n) is 13.7. The summed E-state index contributed by atoms with van der Waals surface area (Å²) in [6.07, 6.45) is -0.700. The molecule has 0 rings (SSSR count). The number of ether oxygens (including phenoxy) is 1. The number of rotatable bonds is 5. The first-order valence-electron chi connectivity index (χ1n) is 6.50. The van der Waals surface area contributed by atoms with Gasteiger partial charge in [0, 0.05) is 14.1 Å². The first kappa shape index (κ1) is 18.9. The third-order valence-electron chi connectivity index (χ3n) is 3.64. The van der Waals surface area contributed by atoms with Crippen molar-refractivity contribution in [1.29, 1.82) is 0 Å². The van der Waals surface area contributed by atoms with Crippen LogP contribution in [0.3, 0.4) is 0 Å². The Labute approximate surface area is 122 Å². The van der Waals surface area contributed by atoms with Gasteiger partial charge in [0.2, 0.25) is 5.60 Å². The maximum Gasteiger partial charge on any atom is 0.410 e. The molecule has 20 heavy (non-hydrogen) atoms. The maximum absolute atomic E-state index is 11.6. The summed E-state index contributed by atoms with van der Waals surface area (Å²) in [4.78, 5) is 24.2. The summed E-state index contributed by atoms with van der Waals surface area (Å²) in [5.41, 5.74) is -1.68. The zero-order valence-corrected chi connectivity index (χ0v) is 14.7. The maximum atomic E-state index is 11.6. The number of carbonyl (C=O) groups excluding carboxylic acids is 1. The summed E-state index contributed by atoms with van der Waals surface area (Å²) >= 11 is 0. The monoisotopic (exact) mass is 305 g/mol. The van der Waals surface area contributed by atoms with Crippen LogP contribution in [0, 0.1) is 0 Å². The Morgan fingerprint density at radius 1 is 1.15 bits per heavy atom. The lowest BCUT2D eigenvalue weighted by molar-refractivity contribution is -0.160. The van der Waals surface area contributed by atoms with Gasteiger partial charge >= 0.3 is 12.1 Å². The first-order valence-corrected chi connectivity index (χ1v) is 9.41. The molecule has 0 saturated carbocycles. The number of hydrogen-bond donors (Lipinski definition) is 1. The fourth-order valence-electron chi connectivity index (χ4n) is 0.953. The zero-order chi connectivity index (χ0) is 16.4. The normalized spacial score (nSPS) is 15.4. The number of hydrogen-bond acceptors (Lipinski definition) is 4. The lowest BCUT2D eigenvalue weighted by Crippen LogP contribution is -2.51. The van der Waals surface area contributed by atoms with Gasteiger partial charge in [-0.3, -0.25) is 0 Å². The lowest BCUT2D eigenvalue weighted by atomic mass is 10.1. The van der Waals surface area contributed by atoms with Gasteiger partial charge in [0.25, 0.3) is 0 Å². The van der Waals surface area contributed by atoms with Crippen molar-refractivity contribution in [2.24, 2.45) is 0 Å². The second-order valence-electron chi connectivity index (χ2n) is 6.85. The standard InChI is InChI=1S/C13H27NO5Si/c1-12(2,3)20(7,8)18-9-13(4,10(15)16)19-11(17)14(5)6/h9H2,1-8H3,(H,15,16). The largest absolute Gasteiger partial charge is 0.478 e. The van der Waals surface area contributed by atoms with Gasteiger partial charge in [-0.05, 0) is 25.1 Å². The van der Waals surface area contributed by atoms with E-state index in [9.17, 15) is 14.7 Å². The Kier molecular flexibility index (Phi) is 5.80. The van der Waals surface area contributed by atoms with E-state index in [4.69, 9.17) is 9.16 Å². The van der Waals surface area contributed by atoms with Crippen LogP contribution in [0.4, 0.5) is 4.79 Å². The third kappa shape index (κ3) is 4.79. The van der Waals surface area contributed by atoms with Crippen molar-refractivity contribution in [3.8, 4) is 0 Å². The molecule has 1 atom stereocenters. The number of aliphatic carboxylic acids is 1. The summed E-state index contributed by atoms with van der Waals surface area (Å²) in [6.45, 7) is 11.4. The number of carbonyl (C=O) groups is 2. The molecule has 0 aliphatic rings. The predicted octanol–water partition coefficient (Wildman–Crippen LogP) is 2.55. The van der Waals surface area contributed by atoms with Crippen LogP contribution in [-0.4, -0.2) is 56.7 Å². The second kappa shape index (κ2) is 6.13. The van der Waals surface area contributed by atoms with E-state index in [0.717, 1.165) is 0 Å². The molecule has 0 bridgehead atoms. The summed E-state index contributed by atoms with van der Waals surface area (Å²) in [7, 11) is 0.892. The van der Waals surface area contributed by atoms with Gasteiger partial charge in [0.1, 0.15) is 0 Å². The molecule has 0 aromatic heterocycles. The number of amides is 1. The van der Waals surface area contributed by atoms with Crippen molar-refractivity contribution in [3.05, 3.63) is 0 Å². The van der Waals surface area contributed by atoms with Crippen LogP contribution >= 0.6 is 0 Å². The van der Waals surface area contributed by atoms with Gasteiger partial charge in [-0.2, -0.15) is 0 Å². The summed E-state index contributed by atoms with van der Waals surface area (Å²) < 4.78 is 10.9. The van der Waals surface area contributed by atoms with Crippen molar-refractivity contribution in [3.63, 3.8) is 0 Å². The van der Waals surface area contributed by atoms with E-state index < -0.39 is 26.0 Å². The van der Waals surface area contributed by atoms with Crippen molar-refractivity contribution < 1.29 is 23.9 Å².